The van der Waals surface area contributed by atoms with Crippen LogP contribution in [0.1, 0.15) is 12.5 Å². The highest BCUT2D eigenvalue weighted by molar-refractivity contribution is 9.09. The molecule has 0 radical (unpaired) electrons. The first-order valence-electron chi connectivity index (χ1n) is 4.79. The van der Waals surface area contributed by atoms with Crippen LogP contribution in [0.4, 0.5) is 13.2 Å². The standard InChI is InChI=1S/C11H12BrF3O/c1-8(6-12)7-16-10-4-2-3-9(5-10)11(13,14)15/h2-5,8H,6-7H2,1H3. The Balaban J connectivity index is 2.68. The molecular weight excluding hydrogens is 285 g/mol. The van der Waals surface area contributed by atoms with Gasteiger partial charge in [0.1, 0.15) is 5.75 Å². The summed E-state index contributed by atoms with van der Waals surface area (Å²) in [5.41, 5.74) is -0.684. The van der Waals surface area contributed by atoms with E-state index in [-0.39, 0.29) is 11.7 Å². The van der Waals surface area contributed by atoms with Crippen LogP contribution >= 0.6 is 15.9 Å². The average molecular weight is 297 g/mol. The first kappa shape index (κ1) is 13.4. The molecular formula is C11H12BrF3O. The van der Waals surface area contributed by atoms with E-state index in [1.54, 1.807) is 0 Å². The van der Waals surface area contributed by atoms with Crippen LogP contribution in [-0.4, -0.2) is 11.9 Å². The zero-order valence-corrected chi connectivity index (χ0v) is 10.3. The molecule has 0 aromatic heterocycles. The molecule has 0 heterocycles. The van der Waals surface area contributed by atoms with Gasteiger partial charge < -0.3 is 4.74 Å². The number of alkyl halides is 4. The van der Waals surface area contributed by atoms with Crippen molar-refractivity contribution in [3.05, 3.63) is 29.8 Å². The van der Waals surface area contributed by atoms with Crippen LogP contribution in [0.5, 0.6) is 5.75 Å². The third kappa shape index (κ3) is 4.04. The first-order chi connectivity index (χ1) is 7.43. The lowest BCUT2D eigenvalue weighted by atomic mass is 10.2. The van der Waals surface area contributed by atoms with Gasteiger partial charge in [-0.15, -0.1) is 0 Å². The summed E-state index contributed by atoms with van der Waals surface area (Å²) in [6, 6.07) is 4.91. The molecule has 1 aromatic carbocycles. The monoisotopic (exact) mass is 296 g/mol. The number of hydrogen-bond donors (Lipinski definition) is 0. The molecule has 0 spiro atoms. The highest BCUT2D eigenvalue weighted by Crippen LogP contribution is 2.31. The van der Waals surface area contributed by atoms with Crippen LogP contribution in [0.25, 0.3) is 0 Å². The van der Waals surface area contributed by atoms with Crippen LogP contribution < -0.4 is 4.74 Å². The summed E-state index contributed by atoms with van der Waals surface area (Å²) in [6.45, 7) is 2.34. The van der Waals surface area contributed by atoms with E-state index >= 15 is 0 Å². The Morgan fingerprint density at radius 2 is 2.06 bits per heavy atom. The minimum atomic E-state index is -4.32. The summed E-state index contributed by atoms with van der Waals surface area (Å²) in [5.74, 6) is 0.511. The van der Waals surface area contributed by atoms with Crippen molar-refractivity contribution >= 4 is 15.9 Å². The van der Waals surface area contributed by atoms with E-state index in [9.17, 15) is 13.2 Å². The summed E-state index contributed by atoms with van der Waals surface area (Å²) in [6.07, 6.45) is -4.32. The second-order valence-electron chi connectivity index (χ2n) is 3.60. The second kappa shape index (κ2) is 5.57. The van der Waals surface area contributed by atoms with Crippen LogP contribution in [0.2, 0.25) is 0 Å². The third-order valence-corrected chi connectivity index (χ3v) is 3.06. The van der Waals surface area contributed by atoms with Crippen molar-refractivity contribution in [2.24, 2.45) is 5.92 Å². The highest BCUT2D eigenvalue weighted by atomic mass is 79.9. The molecule has 1 nitrogen and oxygen atoms in total. The van der Waals surface area contributed by atoms with Gasteiger partial charge in [0.2, 0.25) is 0 Å². The zero-order chi connectivity index (χ0) is 12.2. The van der Waals surface area contributed by atoms with Gasteiger partial charge in [-0.2, -0.15) is 13.2 Å². The van der Waals surface area contributed by atoms with Crippen LogP contribution in [0.15, 0.2) is 24.3 Å². The van der Waals surface area contributed by atoms with E-state index in [0.29, 0.717) is 6.61 Å². The average Bonchev–Trinajstić information content (AvgIpc) is 2.25. The Morgan fingerprint density at radius 3 is 2.62 bits per heavy atom. The Labute approximate surface area is 101 Å². The SMILES string of the molecule is CC(CBr)COc1cccc(C(F)(F)F)c1. The molecule has 90 valence electrons. The normalized spacial score (nSPS) is 13.6. The van der Waals surface area contributed by atoms with Crippen LogP contribution in [-0.2, 0) is 6.18 Å². The Hall–Kier alpha value is -0.710. The highest BCUT2D eigenvalue weighted by Gasteiger charge is 2.30. The lowest BCUT2D eigenvalue weighted by molar-refractivity contribution is -0.137. The molecule has 0 aliphatic carbocycles. The zero-order valence-electron chi connectivity index (χ0n) is 8.72. The van der Waals surface area contributed by atoms with Gasteiger partial charge >= 0.3 is 6.18 Å². The van der Waals surface area contributed by atoms with E-state index in [2.05, 4.69) is 15.9 Å². The maximum atomic E-state index is 12.4. The second-order valence-corrected chi connectivity index (χ2v) is 4.24. The summed E-state index contributed by atoms with van der Waals surface area (Å²) >= 11 is 3.27. The van der Waals surface area contributed by atoms with Gasteiger partial charge in [0, 0.05) is 5.33 Å². The summed E-state index contributed by atoms with van der Waals surface area (Å²) in [7, 11) is 0. The van der Waals surface area contributed by atoms with Gasteiger partial charge in [-0.25, -0.2) is 0 Å². The van der Waals surface area contributed by atoms with Crippen molar-refractivity contribution in [3.8, 4) is 5.75 Å². The molecule has 0 aliphatic rings. The molecule has 0 aliphatic heterocycles. The van der Waals surface area contributed by atoms with Gasteiger partial charge in [0.05, 0.1) is 12.2 Å². The lowest BCUT2D eigenvalue weighted by Gasteiger charge is -2.12. The van der Waals surface area contributed by atoms with Crippen LogP contribution in [0, 0.1) is 5.92 Å². The quantitative estimate of drug-likeness (QED) is 0.760. The molecule has 0 saturated carbocycles. The molecule has 16 heavy (non-hydrogen) atoms. The van der Waals surface area contributed by atoms with Gasteiger partial charge in [-0.05, 0) is 24.1 Å². The minimum absolute atomic E-state index is 0.252. The molecule has 1 unspecified atom stereocenters. The van der Waals surface area contributed by atoms with E-state index in [1.807, 2.05) is 6.92 Å². The maximum absolute atomic E-state index is 12.4. The maximum Gasteiger partial charge on any atom is 0.416 e. The number of hydrogen-bond acceptors (Lipinski definition) is 1. The predicted octanol–water partition coefficient (Wildman–Crippen LogP) is 4.12. The third-order valence-electron chi connectivity index (χ3n) is 1.96. The molecule has 1 rings (SSSR count). The Kier molecular flexibility index (Phi) is 4.65. The predicted molar refractivity (Wildman–Crippen MR) is 59.9 cm³/mol. The van der Waals surface area contributed by atoms with E-state index in [0.717, 1.165) is 17.5 Å². The topological polar surface area (TPSA) is 9.23 Å². The molecule has 5 heteroatoms. The number of rotatable bonds is 4. The van der Waals surface area contributed by atoms with Gasteiger partial charge in [0.25, 0.3) is 0 Å². The van der Waals surface area contributed by atoms with Gasteiger partial charge in [-0.3, -0.25) is 0 Å². The molecule has 0 N–H and O–H groups in total. The fourth-order valence-corrected chi connectivity index (χ4v) is 1.23. The van der Waals surface area contributed by atoms with Crippen molar-refractivity contribution in [2.75, 3.05) is 11.9 Å². The van der Waals surface area contributed by atoms with Crippen molar-refractivity contribution in [3.63, 3.8) is 0 Å². The summed E-state index contributed by atoms with van der Waals surface area (Å²) in [5, 5.41) is 0.756. The Morgan fingerprint density at radius 1 is 1.38 bits per heavy atom. The van der Waals surface area contributed by atoms with E-state index in [1.165, 1.54) is 12.1 Å². The summed E-state index contributed by atoms with van der Waals surface area (Å²) < 4.78 is 42.4. The lowest BCUT2D eigenvalue weighted by Crippen LogP contribution is -2.10. The smallest absolute Gasteiger partial charge is 0.416 e. The van der Waals surface area contributed by atoms with E-state index in [4.69, 9.17) is 4.74 Å². The minimum Gasteiger partial charge on any atom is -0.493 e. The number of ether oxygens (including phenoxy) is 1. The molecule has 0 bridgehead atoms. The number of benzene rings is 1. The van der Waals surface area contributed by atoms with Crippen molar-refractivity contribution in [1.29, 1.82) is 0 Å². The molecule has 0 fully saturated rings. The van der Waals surface area contributed by atoms with Crippen molar-refractivity contribution < 1.29 is 17.9 Å². The molecule has 0 amide bonds. The fourth-order valence-electron chi connectivity index (χ4n) is 1.05. The fraction of sp³-hybridized carbons (Fsp3) is 0.455. The molecule has 1 aromatic rings. The summed E-state index contributed by atoms with van der Waals surface area (Å²) in [4.78, 5) is 0. The molecule has 1 atom stereocenters. The molecule has 0 saturated heterocycles. The van der Waals surface area contributed by atoms with Gasteiger partial charge in [-0.1, -0.05) is 28.9 Å². The van der Waals surface area contributed by atoms with E-state index < -0.39 is 11.7 Å². The Bertz CT molecular complexity index is 338. The first-order valence-corrected chi connectivity index (χ1v) is 5.91. The number of halogens is 4. The van der Waals surface area contributed by atoms with Crippen molar-refractivity contribution in [1.82, 2.24) is 0 Å². The van der Waals surface area contributed by atoms with Crippen LogP contribution in [0.3, 0.4) is 0 Å². The largest absolute Gasteiger partial charge is 0.493 e. The van der Waals surface area contributed by atoms with Gasteiger partial charge in [0.15, 0.2) is 0 Å². The van der Waals surface area contributed by atoms with Crippen molar-refractivity contribution in [2.45, 2.75) is 13.1 Å².